The number of hydrogen-bond donors (Lipinski definition) is 1. The fraction of sp³-hybridized carbons (Fsp3) is 0.364. The molecule has 1 atom stereocenters. The number of rotatable bonds is 3. The van der Waals surface area contributed by atoms with Crippen LogP contribution in [0.1, 0.15) is 12.7 Å². The first-order valence-electron chi connectivity index (χ1n) is 4.92. The summed E-state index contributed by atoms with van der Waals surface area (Å²) < 4.78 is 5.29. The summed E-state index contributed by atoms with van der Waals surface area (Å²) in [5, 5.41) is 8.78. The summed E-state index contributed by atoms with van der Waals surface area (Å²) in [6.07, 6.45) is 0.813. The molecule has 1 heterocycles. The van der Waals surface area contributed by atoms with Crippen molar-refractivity contribution >= 4 is 22.5 Å². The van der Waals surface area contributed by atoms with Crippen molar-refractivity contribution in [3.8, 4) is 0 Å². The van der Waals surface area contributed by atoms with Crippen LogP contribution in [-0.2, 0) is 6.42 Å². The second-order valence-electron chi connectivity index (χ2n) is 3.64. The number of nitrogens with zero attached hydrogens (tertiary/aromatic N) is 1. The molecule has 0 aliphatic carbocycles. The van der Waals surface area contributed by atoms with Gasteiger partial charge in [-0.2, -0.15) is 0 Å². The third-order valence-electron chi connectivity index (χ3n) is 2.52. The molecule has 80 valence electrons. The van der Waals surface area contributed by atoms with Gasteiger partial charge in [-0.3, -0.25) is 0 Å². The molecule has 0 saturated heterocycles. The van der Waals surface area contributed by atoms with E-state index in [1.807, 2.05) is 25.2 Å². The predicted octanol–water partition coefficient (Wildman–Crippen LogP) is 2.63. The van der Waals surface area contributed by atoms with Crippen LogP contribution in [0.25, 0.3) is 10.9 Å². The third-order valence-corrected chi connectivity index (χ3v) is 2.82. The van der Waals surface area contributed by atoms with Gasteiger partial charge in [0, 0.05) is 17.8 Å². The molecule has 0 fully saturated rings. The minimum atomic E-state index is 0.361. The van der Waals surface area contributed by atoms with Crippen LogP contribution in [-0.4, -0.2) is 18.2 Å². The molecule has 1 aromatic heterocycles. The van der Waals surface area contributed by atoms with E-state index in [0.29, 0.717) is 11.1 Å². The summed E-state index contributed by atoms with van der Waals surface area (Å²) in [6, 6.07) is 6.07. The zero-order valence-corrected chi connectivity index (χ0v) is 9.51. The van der Waals surface area contributed by atoms with E-state index in [9.17, 15) is 0 Å². The minimum absolute atomic E-state index is 0.361. The van der Waals surface area contributed by atoms with Crippen LogP contribution in [0.5, 0.6) is 0 Å². The second kappa shape index (κ2) is 4.21. The molecule has 2 aromatic rings. The van der Waals surface area contributed by atoms with E-state index in [2.05, 4.69) is 17.4 Å². The molecule has 4 heteroatoms. The van der Waals surface area contributed by atoms with E-state index in [-0.39, 0.29) is 0 Å². The predicted molar refractivity (Wildman–Crippen MR) is 61.2 cm³/mol. The van der Waals surface area contributed by atoms with Crippen molar-refractivity contribution in [2.24, 2.45) is 0 Å². The van der Waals surface area contributed by atoms with Crippen LogP contribution in [0.3, 0.4) is 0 Å². The van der Waals surface area contributed by atoms with Gasteiger partial charge in [-0.05, 0) is 26.1 Å². The zero-order chi connectivity index (χ0) is 10.8. The minimum Gasteiger partial charge on any atom is -0.360 e. The van der Waals surface area contributed by atoms with Gasteiger partial charge in [0.25, 0.3) is 0 Å². The van der Waals surface area contributed by atoms with E-state index in [0.717, 1.165) is 23.1 Å². The van der Waals surface area contributed by atoms with Gasteiger partial charge in [0.15, 0.2) is 0 Å². The van der Waals surface area contributed by atoms with E-state index in [1.54, 1.807) is 0 Å². The molecule has 1 aromatic carbocycles. The summed E-state index contributed by atoms with van der Waals surface area (Å²) in [6.45, 7) is 2.10. The van der Waals surface area contributed by atoms with Crippen molar-refractivity contribution in [3.63, 3.8) is 0 Å². The fourth-order valence-corrected chi connectivity index (χ4v) is 1.72. The van der Waals surface area contributed by atoms with E-state index >= 15 is 0 Å². The summed E-state index contributed by atoms with van der Waals surface area (Å²) in [4.78, 5) is 0. The first-order valence-corrected chi connectivity index (χ1v) is 5.30. The summed E-state index contributed by atoms with van der Waals surface area (Å²) in [5.74, 6) is 0.884. The lowest BCUT2D eigenvalue weighted by Crippen LogP contribution is -2.23. The Morgan fingerprint density at radius 3 is 3.07 bits per heavy atom. The number of likely N-dealkylation sites (N-methyl/N-ethyl adjacent to an activating group) is 1. The van der Waals surface area contributed by atoms with E-state index < -0.39 is 0 Å². The number of hydrogen-bond acceptors (Lipinski definition) is 3. The summed E-state index contributed by atoms with van der Waals surface area (Å²) in [7, 11) is 1.93. The van der Waals surface area contributed by atoms with Crippen LogP contribution in [0, 0.1) is 0 Å². The average Bonchev–Trinajstić information content (AvgIpc) is 2.63. The van der Waals surface area contributed by atoms with Gasteiger partial charge >= 0.3 is 0 Å². The normalized spacial score (nSPS) is 13.3. The molecule has 0 radical (unpaired) electrons. The maximum Gasteiger partial charge on any atom is 0.146 e. The van der Waals surface area contributed by atoms with Gasteiger partial charge in [0.1, 0.15) is 11.3 Å². The molecular weight excluding hydrogens is 212 g/mol. The second-order valence-corrected chi connectivity index (χ2v) is 4.04. The number of nitrogens with one attached hydrogen (secondary N) is 1. The lowest BCUT2D eigenvalue weighted by Gasteiger charge is -2.06. The molecule has 15 heavy (non-hydrogen) atoms. The van der Waals surface area contributed by atoms with Crippen molar-refractivity contribution in [3.05, 3.63) is 29.0 Å². The Morgan fingerprint density at radius 1 is 1.53 bits per heavy atom. The Bertz CT molecular complexity index is 467. The van der Waals surface area contributed by atoms with Gasteiger partial charge < -0.3 is 9.84 Å². The smallest absolute Gasteiger partial charge is 0.146 e. The summed E-state index contributed by atoms with van der Waals surface area (Å²) in [5.41, 5.74) is 0.748. The Balaban J connectivity index is 2.41. The molecule has 0 aliphatic heterocycles. The Kier molecular flexibility index (Phi) is 2.93. The van der Waals surface area contributed by atoms with E-state index in [4.69, 9.17) is 16.1 Å². The first kappa shape index (κ1) is 10.5. The largest absolute Gasteiger partial charge is 0.360 e. The van der Waals surface area contributed by atoms with Crippen molar-refractivity contribution in [2.75, 3.05) is 7.05 Å². The highest BCUT2D eigenvalue weighted by molar-refractivity contribution is 6.35. The quantitative estimate of drug-likeness (QED) is 0.871. The van der Waals surface area contributed by atoms with Gasteiger partial charge in [0.05, 0.1) is 5.02 Å². The van der Waals surface area contributed by atoms with Crippen LogP contribution in [0.4, 0.5) is 0 Å². The molecule has 0 saturated carbocycles. The maximum atomic E-state index is 6.00. The Hall–Kier alpha value is -1.06. The van der Waals surface area contributed by atoms with Crippen molar-refractivity contribution < 1.29 is 4.52 Å². The molecule has 0 bridgehead atoms. The molecule has 1 unspecified atom stereocenters. The van der Waals surface area contributed by atoms with Gasteiger partial charge in [-0.25, -0.2) is 0 Å². The van der Waals surface area contributed by atoms with Crippen molar-refractivity contribution in [2.45, 2.75) is 19.4 Å². The Morgan fingerprint density at radius 2 is 2.33 bits per heavy atom. The summed E-state index contributed by atoms with van der Waals surface area (Å²) >= 11 is 6.00. The van der Waals surface area contributed by atoms with Gasteiger partial charge in [0.2, 0.25) is 0 Å². The number of halogens is 1. The standard InChI is InChI=1S/C11H13ClN2O/c1-7(13-2)6-10-8-4-3-5-9(12)11(8)14-15-10/h3-5,7,13H,6H2,1-2H3. The molecule has 0 spiro atoms. The maximum absolute atomic E-state index is 6.00. The number of benzene rings is 1. The van der Waals surface area contributed by atoms with Crippen LogP contribution in [0.15, 0.2) is 22.7 Å². The molecule has 2 rings (SSSR count). The van der Waals surface area contributed by atoms with Crippen LogP contribution < -0.4 is 5.32 Å². The monoisotopic (exact) mass is 224 g/mol. The lowest BCUT2D eigenvalue weighted by atomic mass is 10.1. The highest BCUT2D eigenvalue weighted by Crippen LogP contribution is 2.25. The average molecular weight is 225 g/mol. The SMILES string of the molecule is CNC(C)Cc1onc2c(Cl)cccc12. The van der Waals surface area contributed by atoms with E-state index in [1.165, 1.54) is 0 Å². The van der Waals surface area contributed by atoms with Crippen LogP contribution >= 0.6 is 11.6 Å². The molecule has 0 amide bonds. The lowest BCUT2D eigenvalue weighted by molar-refractivity contribution is 0.378. The number of aromatic nitrogens is 1. The fourth-order valence-electron chi connectivity index (χ4n) is 1.51. The topological polar surface area (TPSA) is 38.1 Å². The van der Waals surface area contributed by atoms with Crippen LogP contribution in [0.2, 0.25) is 5.02 Å². The molecule has 0 aliphatic rings. The van der Waals surface area contributed by atoms with Gasteiger partial charge in [-0.1, -0.05) is 22.8 Å². The first-order chi connectivity index (χ1) is 7.22. The van der Waals surface area contributed by atoms with Gasteiger partial charge in [-0.15, -0.1) is 0 Å². The highest BCUT2D eigenvalue weighted by Gasteiger charge is 2.12. The molecular formula is C11H13ClN2O. The highest BCUT2D eigenvalue weighted by atomic mass is 35.5. The number of fused-ring (bicyclic) bond motifs is 1. The Labute approximate surface area is 93.4 Å². The molecule has 1 N–H and O–H groups in total. The third kappa shape index (κ3) is 1.98. The van der Waals surface area contributed by atoms with Crippen molar-refractivity contribution in [1.29, 1.82) is 0 Å². The molecule has 3 nitrogen and oxygen atoms in total. The zero-order valence-electron chi connectivity index (χ0n) is 8.75. The van der Waals surface area contributed by atoms with Crippen molar-refractivity contribution in [1.82, 2.24) is 10.5 Å².